The summed E-state index contributed by atoms with van der Waals surface area (Å²) in [6.45, 7) is 1.92. The highest BCUT2D eigenvalue weighted by atomic mass is 35.5. The second-order valence-electron chi connectivity index (χ2n) is 4.46. The van der Waals surface area contributed by atoms with Crippen molar-refractivity contribution in [1.29, 1.82) is 0 Å². The first kappa shape index (κ1) is 13.2. The first-order valence-electron chi connectivity index (χ1n) is 6.03. The van der Waals surface area contributed by atoms with Crippen LogP contribution >= 0.6 is 11.6 Å². The van der Waals surface area contributed by atoms with Crippen LogP contribution in [0.5, 0.6) is 5.75 Å². The van der Waals surface area contributed by atoms with Gasteiger partial charge in [0.25, 0.3) is 0 Å². The van der Waals surface area contributed by atoms with Crippen LogP contribution in [0.1, 0.15) is 12.8 Å². The molecule has 1 saturated heterocycles. The molecule has 1 amide bonds. The normalized spacial score (nSPS) is 18.7. The fourth-order valence-electron chi connectivity index (χ4n) is 2.08. The summed E-state index contributed by atoms with van der Waals surface area (Å²) in [4.78, 5) is 11.8. The van der Waals surface area contributed by atoms with Crippen LogP contribution in [0.4, 0.5) is 5.69 Å². The van der Waals surface area contributed by atoms with Gasteiger partial charge in [-0.3, -0.25) is 4.79 Å². The van der Waals surface area contributed by atoms with E-state index in [1.54, 1.807) is 25.3 Å². The number of nitrogens with one attached hydrogen (secondary N) is 2. The number of anilines is 1. The van der Waals surface area contributed by atoms with Gasteiger partial charge in [0, 0.05) is 12.5 Å². The Morgan fingerprint density at radius 3 is 3.06 bits per heavy atom. The van der Waals surface area contributed by atoms with Crippen molar-refractivity contribution in [1.82, 2.24) is 5.32 Å². The number of carbonyl (C=O) groups is 1. The number of amides is 1. The third-order valence-electron chi connectivity index (χ3n) is 3.09. The standard InChI is InChI=1S/C13H17ClN2O2/c1-18-10-2-3-12(11(14)7-10)16-13(17)6-9-4-5-15-8-9/h2-3,7,9,15H,4-6,8H2,1H3,(H,16,17). The van der Waals surface area contributed by atoms with E-state index in [1.807, 2.05) is 0 Å². The van der Waals surface area contributed by atoms with Crippen LogP contribution < -0.4 is 15.4 Å². The Morgan fingerprint density at radius 2 is 2.44 bits per heavy atom. The largest absolute Gasteiger partial charge is 0.497 e. The van der Waals surface area contributed by atoms with E-state index in [0.717, 1.165) is 19.5 Å². The highest BCUT2D eigenvalue weighted by Gasteiger charge is 2.18. The fraction of sp³-hybridized carbons (Fsp3) is 0.462. The van der Waals surface area contributed by atoms with Crippen LogP contribution in [0.2, 0.25) is 5.02 Å². The van der Waals surface area contributed by atoms with Gasteiger partial charge in [-0.05, 0) is 37.6 Å². The van der Waals surface area contributed by atoms with Gasteiger partial charge in [-0.2, -0.15) is 0 Å². The van der Waals surface area contributed by atoms with Crippen LogP contribution in [0, 0.1) is 5.92 Å². The summed E-state index contributed by atoms with van der Waals surface area (Å²) < 4.78 is 5.06. The fourth-order valence-corrected chi connectivity index (χ4v) is 2.29. The minimum Gasteiger partial charge on any atom is -0.497 e. The van der Waals surface area contributed by atoms with Crippen molar-refractivity contribution in [2.75, 3.05) is 25.5 Å². The molecule has 4 nitrogen and oxygen atoms in total. The van der Waals surface area contributed by atoms with Crippen LogP contribution in [-0.4, -0.2) is 26.1 Å². The number of halogens is 1. The molecule has 0 radical (unpaired) electrons. The van der Waals surface area contributed by atoms with E-state index in [1.165, 1.54) is 0 Å². The molecule has 1 fully saturated rings. The van der Waals surface area contributed by atoms with E-state index in [0.29, 0.717) is 28.8 Å². The van der Waals surface area contributed by atoms with E-state index in [2.05, 4.69) is 10.6 Å². The lowest BCUT2D eigenvalue weighted by Gasteiger charge is -2.11. The first-order chi connectivity index (χ1) is 8.69. The predicted molar refractivity (Wildman–Crippen MR) is 72.2 cm³/mol. The molecule has 0 saturated carbocycles. The summed E-state index contributed by atoms with van der Waals surface area (Å²) in [7, 11) is 1.58. The topological polar surface area (TPSA) is 50.4 Å². The molecular formula is C13H17ClN2O2. The lowest BCUT2D eigenvalue weighted by atomic mass is 10.0. The smallest absolute Gasteiger partial charge is 0.224 e. The maximum atomic E-state index is 11.8. The molecule has 98 valence electrons. The molecule has 5 heteroatoms. The Morgan fingerprint density at radius 1 is 1.61 bits per heavy atom. The molecule has 2 rings (SSSR count). The molecule has 0 aliphatic carbocycles. The minimum atomic E-state index is 0.00997. The van der Waals surface area contributed by atoms with Crippen molar-refractivity contribution >= 4 is 23.2 Å². The molecule has 1 aliphatic rings. The number of rotatable bonds is 4. The quantitative estimate of drug-likeness (QED) is 0.881. The molecule has 1 aromatic carbocycles. The Bertz CT molecular complexity index is 431. The van der Waals surface area contributed by atoms with Crippen molar-refractivity contribution in [3.63, 3.8) is 0 Å². The lowest BCUT2D eigenvalue weighted by Crippen LogP contribution is -2.18. The maximum absolute atomic E-state index is 11.8. The molecule has 0 aromatic heterocycles. The highest BCUT2D eigenvalue weighted by Crippen LogP contribution is 2.27. The lowest BCUT2D eigenvalue weighted by molar-refractivity contribution is -0.116. The number of carbonyl (C=O) groups excluding carboxylic acids is 1. The molecule has 1 aromatic rings. The summed E-state index contributed by atoms with van der Waals surface area (Å²) in [5.41, 5.74) is 0.633. The molecule has 1 heterocycles. The molecule has 1 atom stereocenters. The average molecular weight is 269 g/mol. The van der Waals surface area contributed by atoms with Crippen LogP contribution in [0.15, 0.2) is 18.2 Å². The molecule has 1 aliphatic heterocycles. The first-order valence-corrected chi connectivity index (χ1v) is 6.41. The van der Waals surface area contributed by atoms with Gasteiger partial charge >= 0.3 is 0 Å². The molecule has 0 bridgehead atoms. The second-order valence-corrected chi connectivity index (χ2v) is 4.86. The summed E-state index contributed by atoms with van der Waals surface area (Å²) in [5, 5.41) is 6.57. The van der Waals surface area contributed by atoms with Crippen molar-refractivity contribution in [3.8, 4) is 5.75 Å². The number of ether oxygens (including phenoxy) is 1. The van der Waals surface area contributed by atoms with Gasteiger partial charge in [0.05, 0.1) is 17.8 Å². The summed E-state index contributed by atoms with van der Waals surface area (Å²) >= 11 is 6.06. The Hall–Kier alpha value is -1.26. The van der Waals surface area contributed by atoms with Crippen molar-refractivity contribution in [3.05, 3.63) is 23.2 Å². The Balaban J connectivity index is 1.93. The molecule has 1 unspecified atom stereocenters. The zero-order valence-electron chi connectivity index (χ0n) is 10.3. The minimum absolute atomic E-state index is 0.00997. The third kappa shape index (κ3) is 3.37. The number of hydrogen-bond donors (Lipinski definition) is 2. The van der Waals surface area contributed by atoms with Gasteiger partial charge in [-0.1, -0.05) is 11.6 Å². The number of benzene rings is 1. The number of hydrogen-bond acceptors (Lipinski definition) is 3. The molecule has 0 spiro atoms. The van der Waals surface area contributed by atoms with E-state index in [9.17, 15) is 4.79 Å². The van der Waals surface area contributed by atoms with Crippen LogP contribution in [-0.2, 0) is 4.79 Å². The predicted octanol–water partition coefficient (Wildman–Crippen LogP) is 2.29. The summed E-state index contributed by atoms with van der Waals surface area (Å²) in [6.07, 6.45) is 1.60. The van der Waals surface area contributed by atoms with E-state index >= 15 is 0 Å². The van der Waals surface area contributed by atoms with E-state index in [4.69, 9.17) is 16.3 Å². The number of methoxy groups -OCH3 is 1. The van der Waals surface area contributed by atoms with E-state index < -0.39 is 0 Å². The van der Waals surface area contributed by atoms with Crippen molar-refractivity contribution < 1.29 is 9.53 Å². The molecule has 2 N–H and O–H groups in total. The Labute approximate surface area is 112 Å². The highest BCUT2D eigenvalue weighted by molar-refractivity contribution is 6.33. The molecular weight excluding hydrogens is 252 g/mol. The van der Waals surface area contributed by atoms with Gasteiger partial charge in [0.15, 0.2) is 0 Å². The van der Waals surface area contributed by atoms with Crippen molar-refractivity contribution in [2.24, 2.45) is 5.92 Å². The van der Waals surface area contributed by atoms with Gasteiger partial charge in [0.1, 0.15) is 5.75 Å². The van der Waals surface area contributed by atoms with Gasteiger partial charge in [-0.25, -0.2) is 0 Å². The zero-order valence-corrected chi connectivity index (χ0v) is 11.1. The summed E-state index contributed by atoms with van der Waals surface area (Å²) in [5.74, 6) is 1.12. The monoisotopic (exact) mass is 268 g/mol. The SMILES string of the molecule is COc1ccc(NC(=O)CC2CCNC2)c(Cl)c1. The van der Waals surface area contributed by atoms with Crippen LogP contribution in [0.3, 0.4) is 0 Å². The van der Waals surface area contributed by atoms with E-state index in [-0.39, 0.29) is 5.91 Å². The second kappa shape index (κ2) is 6.07. The van der Waals surface area contributed by atoms with Gasteiger partial charge in [0.2, 0.25) is 5.91 Å². The third-order valence-corrected chi connectivity index (χ3v) is 3.40. The average Bonchev–Trinajstić information content (AvgIpc) is 2.84. The van der Waals surface area contributed by atoms with Gasteiger partial charge < -0.3 is 15.4 Å². The zero-order chi connectivity index (χ0) is 13.0. The van der Waals surface area contributed by atoms with Gasteiger partial charge in [-0.15, -0.1) is 0 Å². The van der Waals surface area contributed by atoms with Crippen LogP contribution in [0.25, 0.3) is 0 Å². The maximum Gasteiger partial charge on any atom is 0.224 e. The summed E-state index contributed by atoms with van der Waals surface area (Å²) in [6, 6.07) is 5.22. The Kier molecular flexibility index (Phi) is 4.44. The van der Waals surface area contributed by atoms with Crippen molar-refractivity contribution in [2.45, 2.75) is 12.8 Å². The molecule has 18 heavy (non-hydrogen) atoms.